The average molecular weight is 432 g/mol. The van der Waals surface area contributed by atoms with Crippen molar-refractivity contribution in [1.29, 1.82) is 0 Å². The number of hydrogen-bond acceptors (Lipinski definition) is 6. The Morgan fingerprint density at radius 1 is 1.03 bits per heavy atom. The molecule has 32 heavy (non-hydrogen) atoms. The second kappa shape index (κ2) is 8.50. The number of amides is 3. The molecule has 4 rings (SSSR count). The number of esters is 1. The molecule has 1 aliphatic rings. The van der Waals surface area contributed by atoms with Gasteiger partial charge in [0.25, 0.3) is 17.7 Å². The van der Waals surface area contributed by atoms with Gasteiger partial charge >= 0.3 is 5.97 Å². The molecule has 8 heteroatoms. The lowest BCUT2D eigenvalue weighted by molar-refractivity contribution is -0.123. The number of nitrogens with one attached hydrogen (secondary N) is 1. The number of anilines is 1. The lowest BCUT2D eigenvalue weighted by Crippen LogP contribution is -2.30. The fourth-order valence-electron chi connectivity index (χ4n) is 3.28. The van der Waals surface area contributed by atoms with Crippen LogP contribution in [0.15, 0.2) is 65.3 Å². The number of ether oxygens (including phenoxy) is 1. The zero-order valence-electron chi connectivity index (χ0n) is 17.5. The molecule has 2 heterocycles. The van der Waals surface area contributed by atoms with Crippen molar-refractivity contribution in [3.05, 3.63) is 88.9 Å². The molecule has 0 spiro atoms. The van der Waals surface area contributed by atoms with Gasteiger partial charge in [-0.3, -0.25) is 19.3 Å². The van der Waals surface area contributed by atoms with Gasteiger partial charge in [-0.2, -0.15) is 0 Å². The quantitative estimate of drug-likeness (QED) is 0.472. The fraction of sp³-hybridized carbons (Fsp3) is 0.167. The van der Waals surface area contributed by atoms with Crippen LogP contribution >= 0.6 is 0 Å². The first-order valence-corrected chi connectivity index (χ1v) is 9.94. The number of aryl methyl sites for hydroxylation is 1. The largest absolute Gasteiger partial charge is 0.467 e. The maximum absolute atomic E-state index is 12.7. The Bertz CT molecular complexity index is 1200. The van der Waals surface area contributed by atoms with Gasteiger partial charge in [-0.25, -0.2) is 4.79 Å². The van der Waals surface area contributed by atoms with Crippen LogP contribution in [0, 0.1) is 6.92 Å². The second-order valence-corrected chi connectivity index (χ2v) is 7.44. The molecule has 1 N–H and O–H groups in total. The summed E-state index contributed by atoms with van der Waals surface area (Å²) >= 11 is 0. The summed E-state index contributed by atoms with van der Waals surface area (Å²) in [5.41, 5.74) is 2.01. The third kappa shape index (κ3) is 4.15. The first-order chi connectivity index (χ1) is 15.3. The molecule has 0 radical (unpaired) electrons. The molecular formula is C24H20N2O6. The van der Waals surface area contributed by atoms with E-state index in [1.165, 1.54) is 31.4 Å². The van der Waals surface area contributed by atoms with Gasteiger partial charge in [0.05, 0.1) is 29.5 Å². The summed E-state index contributed by atoms with van der Waals surface area (Å²) in [5, 5.41) is 2.68. The molecule has 0 unspecified atom stereocenters. The number of carbonyl (C=O) groups excluding carboxylic acids is 4. The summed E-state index contributed by atoms with van der Waals surface area (Å²) in [7, 11) is 0. The number of imide groups is 1. The molecule has 0 saturated carbocycles. The number of rotatable bonds is 6. The molecule has 1 aromatic heterocycles. The average Bonchev–Trinajstić information content (AvgIpc) is 3.38. The van der Waals surface area contributed by atoms with Crippen LogP contribution in [-0.4, -0.2) is 34.7 Å². The molecule has 1 aliphatic heterocycles. The molecule has 0 aliphatic carbocycles. The van der Waals surface area contributed by atoms with Crippen molar-refractivity contribution >= 4 is 29.4 Å². The summed E-state index contributed by atoms with van der Waals surface area (Å²) in [4.78, 5) is 51.2. The minimum Gasteiger partial charge on any atom is -0.467 e. The smallest absolute Gasteiger partial charge is 0.338 e. The zero-order valence-corrected chi connectivity index (χ0v) is 17.5. The van der Waals surface area contributed by atoms with E-state index in [-0.39, 0.29) is 23.2 Å². The van der Waals surface area contributed by atoms with Gasteiger partial charge in [0.2, 0.25) is 0 Å². The van der Waals surface area contributed by atoms with Crippen LogP contribution in [0.1, 0.15) is 49.3 Å². The Kier molecular flexibility index (Phi) is 5.59. The van der Waals surface area contributed by atoms with Crippen molar-refractivity contribution in [2.24, 2.45) is 0 Å². The molecule has 3 aromatic rings. The lowest BCUT2D eigenvalue weighted by Gasteiger charge is -2.14. The van der Waals surface area contributed by atoms with E-state index in [1.807, 2.05) is 19.1 Å². The van der Waals surface area contributed by atoms with E-state index in [0.717, 1.165) is 10.5 Å². The first-order valence-electron chi connectivity index (χ1n) is 9.94. The summed E-state index contributed by atoms with van der Waals surface area (Å²) in [6.07, 6.45) is 0.391. The normalized spacial score (nSPS) is 13.6. The van der Waals surface area contributed by atoms with E-state index in [9.17, 15) is 19.2 Å². The Morgan fingerprint density at radius 2 is 1.75 bits per heavy atom. The van der Waals surface area contributed by atoms with Crippen molar-refractivity contribution in [2.75, 3.05) is 5.32 Å². The molecule has 1 atom stereocenters. The molecule has 2 aromatic carbocycles. The van der Waals surface area contributed by atoms with E-state index < -0.39 is 29.8 Å². The van der Waals surface area contributed by atoms with Gasteiger partial charge in [0, 0.05) is 5.69 Å². The second-order valence-electron chi connectivity index (χ2n) is 7.44. The number of hydrogen-bond donors (Lipinski definition) is 1. The highest BCUT2D eigenvalue weighted by Crippen LogP contribution is 2.26. The Balaban J connectivity index is 1.44. The number of furan rings is 1. The molecular weight excluding hydrogens is 412 g/mol. The van der Waals surface area contributed by atoms with Crippen LogP contribution in [0.2, 0.25) is 0 Å². The Labute approximate surface area is 183 Å². The maximum atomic E-state index is 12.7. The highest BCUT2D eigenvalue weighted by Gasteiger charge is 2.36. The summed E-state index contributed by atoms with van der Waals surface area (Å²) in [5.74, 6) is -1.79. The lowest BCUT2D eigenvalue weighted by atomic mass is 10.1. The van der Waals surface area contributed by atoms with E-state index in [2.05, 4.69) is 5.32 Å². The Morgan fingerprint density at radius 3 is 2.44 bits per heavy atom. The summed E-state index contributed by atoms with van der Waals surface area (Å²) < 4.78 is 10.5. The van der Waals surface area contributed by atoms with E-state index >= 15 is 0 Å². The fourth-order valence-corrected chi connectivity index (χ4v) is 3.28. The van der Waals surface area contributed by atoms with Gasteiger partial charge in [0.1, 0.15) is 5.76 Å². The van der Waals surface area contributed by atoms with Crippen molar-refractivity contribution in [2.45, 2.75) is 26.5 Å². The number of fused-ring (bicyclic) bond motifs is 1. The molecule has 8 nitrogen and oxygen atoms in total. The van der Waals surface area contributed by atoms with Crippen molar-refractivity contribution < 1.29 is 28.3 Å². The van der Waals surface area contributed by atoms with Crippen molar-refractivity contribution in [1.82, 2.24) is 4.90 Å². The van der Waals surface area contributed by atoms with E-state index in [4.69, 9.17) is 9.15 Å². The van der Waals surface area contributed by atoms with Crippen LogP contribution in [0.5, 0.6) is 0 Å². The number of nitrogens with zero attached hydrogens (tertiary/aromatic N) is 1. The molecule has 3 amide bonds. The minimum atomic E-state index is -1.06. The van der Waals surface area contributed by atoms with Gasteiger partial charge in [-0.15, -0.1) is 0 Å². The summed E-state index contributed by atoms with van der Waals surface area (Å²) in [6, 6.07) is 14.6. The van der Waals surface area contributed by atoms with Crippen LogP contribution < -0.4 is 5.32 Å². The monoisotopic (exact) mass is 432 g/mol. The standard InChI is InChI=1S/C24H20N2O6/c1-14-5-8-17(9-6-14)25-21(27)15(2)32-24(30)16-7-10-19-20(12-16)23(29)26(22(19)28)13-18-4-3-11-31-18/h3-12,15H,13H2,1-2H3,(H,25,27)/t15-/m0/s1. The first kappa shape index (κ1) is 21.0. The summed E-state index contributed by atoms with van der Waals surface area (Å²) in [6.45, 7) is 3.38. The van der Waals surface area contributed by atoms with E-state index in [1.54, 1.807) is 24.3 Å². The van der Waals surface area contributed by atoms with Gasteiger partial charge in [0.15, 0.2) is 6.10 Å². The van der Waals surface area contributed by atoms with Gasteiger partial charge in [-0.1, -0.05) is 17.7 Å². The third-order valence-corrected chi connectivity index (χ3v) is 5.07. The highest BCUT2D eigenvalue weighted by atomic mass is 16.5. The van der Waals surface area contributed by atoms with Gasteiger partial charge < -0.3 is 14.5 Å². The maximum Gasteiger partial charge on any atom is 0.338 e. The molecule has 162 valence electrons. The van der Waals surface area contributed by atoms with Crippen LogP contribution in [0.4, 0.5) is 5.69 Å². The predicted molar refractivity (Wildman–Crippen MR) is 114 cm³/mol. The highest BCUT2D eigenvalue weighted by molar-refractivity contribution is 6.21. The molecule has 0 fully saturated rings. The molecule has 0 bridgehead atoms. The number of carbonyl (C=O) groups is 4. The molecule has 0 saturated heterocycles. The predicted octanol–water partition coefficient (Wildman–Crippen LogP) is 3.57. The van der Waals surface area contributed by atoms with Gasteiger partial charge in [-0.05, 0) is 56.3 Å². The SMILES string of the molecule is Cc1ccc(NC(=O)[C@H](C)OC(=O)c2ccc3c(c2)C(=O)N(Cc2ccco2)C3=O)cc1. The van der Waals surface area contributed by atoms with Crippen molar-refractivity contribution in [3.8, 4) is 0 Å². The van der Waals surface area contributed by atoms with Crippen LogP contribution in [-0.2, 0) is 16.1 Å². The number of benzene rings is 2. The third-order valence-electron chi connectivity index (χ3n) is 5.07. The van der Waals surface area contributed by atoms with Crippen LogP contribution in [0.25, 0.3) is 0 Å². The van der Waals surface area contributed by atoms with Crippen molar-refractivity contribution in [3.63, 3.8) is 0 Å². The topological polar surface area (TPSA) is 106 Å². The minimum absolute atomic E-state index is 0.00462. The van der Waals surface area contributed by atoms with E-state index in [0.29, 0.717) is 11.4 Å². The van der Waals surface area contributed by atoms with Crippen LogP contribution in [0.3, 0.4) is 0 Å². The Hall–Kier alpha value is -4.20. The zero-order chi connectivity index (χ0) is 22.8.